The van der Waals surface area contributed by atoms with E-state index in [4.69, 9.17) is 14.2 Å². The third-order valence-electron chi connectivity index (χ3n) is 7.70. The highest BCUT2D eigenvalue weighted by molar-refractivity contribution is 5.91. The molecule has 0 saturated heterocycles. The number of rotatable bonds is 21. The fourth-order valence-corrected chi connectivity index (χ4v) is 5.11. The molecule has 3 aromatic carbocycles. The molecule has 0 radical (unpaired) electrons. The molecule has 0 amide bonds. The molecule has 1 atom stereocenters. The standard InChI is InChI=1S/C37H49NO6/c1-4-6-8-10-11-12-13-15-27-42-32-21-19-31(20-22-32)37(39)44-33-23-17-30(18-24-33)35-26-25-34(28-36(35)38(40)41)43-29(3)16-14-9-7-5-2/h17-26,28-29H,4-16,27H2,1-3H3. The van der Waals surface area contributed by atoms with Crippen molar-refractivity contribution in [2.24, 2.45) is 0 Å². The van der Waals surface area contributed by atoms with Crippen LogP contribution in [0.4, 0.5) is 5.69 Å². The quantitative estimate of drug-likeness (QED) is 0.0396. The number of hydrogen-bond acceptors (Lipinski definition) is 6. The second-order valence-electron chi connectivity index (χ2n) is 11.5. The number of nitro benzene ring substituents is 1. The van der Waals surface area contributed by atoms with Gasteiger partial charge in [0.05, 0.1) is 34.8 Å². The Morgan fingerprint density at radius 1 is 0.727 bits per heavy atom. The predicted octanol–water partition coefficient (Wildman–Crippen LogP) is 10.7. The van der Waals surface area contributed by atoms with Crippen LogP contribution in [0.3, 0.4) is 0 Å². The first-order chi connectivity index (χ1) is 21.4. The van der Waals surface area contributed by atoms with Crippen LogP contribution < -0.4 is 14.2 Å². The van der Waals surface area contributed by atoms with E-state index in [2.05, 4.69) is 13.8 Å². The highest BCUT2D eigenvalue weighted by Gasteiger charge is 2.18. The van der Waals surface area contributed by atoms with E-state index < -0.39 is 10.9 Å². The first-order valence-corrected chi connectivity index (χ1v) is 16.4. The molecule has 7 nitrogen and oxygen atoms in total. The van der Waals surface area contributed by atoms with Crippen molar-refractivity contribution < 1.29 is 23.9 Å². The third kappa shape index (κ3) is 12.0. The van der Waals surface area contributed by atoms with Gasteiger partial charge in [0.25, 0.3) is 5.69 Å². The number of hydrogen-bond donors (Lipinski definition) is 0. The summed E-state index contributed by atoms with van der Waals surface area (Å²) in [6.07, 6.45) is 15.5. The second kappa shape index (κ2) is 19.4. The van der Waals surface area contributed by atoms with E-state index in [-0.39, 0.29) is 11.8 Å². The molecule has 0 saturated carbocycles. The lowest BCUT2D eigenvalue weighted by atomic mass is 10.0. The Bertz CT molecular complexity index is 1270. The summed E-state index contributed by atoms with van der Waals surface area (Å²) in [5.74, 6) is 1.09. The highest BCUT2D eigenvalue weighted by atomic mass is 16.6. The molecule has 3 rings (SSSR count). The average Bonchev–Trinajstić information content (AvgIpc) is 3.03. The van der Waals surface area contributed by atoms with E-state index in [0.29, 0.717) is 34.8 Å². The third-order valence-corrected chi connectivity index (χ3v) is 7.70. The van der Waals surface area contributed by atoms with Crippen molar-refractivity contribution in [3.05, 3.63) is 82.4 Å². The lowest BCUT2D eigenvalue weighted by Crippen LogP contribution is -2.11. The number of ether oxygens (including phenoxy) is 3. The van der Waals surface area contributed by atoms with Crippen molar-refractivity contribution in [1.82, 2.24) is 0 Å². The number of nitro groups is 1. The lowest BCUT2D eigenvalue weighted by Gasteiger charge is -2.15. The van der Waals surface area contributed by atoms with Gasteiger partial charge in [-0.1, -0.05) is 90.2 Å². The molecule has 0 heterocycles. The zero-order valence-electron chi connectivity index (χ0n) is 26.7. The summed E-state index contributed by atoms with van der Waals surface area (Å²) in [6.45, 7) is 7.07. The van der Waals surface area contributed by atoms with Crippen LogP contribution in [-0.2, 0) is 0 Å². The molecule has 0 fully saturated rings. The molecule has 3 aromatic rings. The van der Waals surface area contributed by atoms with E-state index >= 15 is 0 Å². The number of benzene rings is 3. The molecular weight excluding hydrogens is 554 g/mol. The minimum atomic E-state index is -0.483. The maximum absolute atomic E-state index is 12.7. The van der Waals surface area contributed by atoms with Crippen LogP contribution in [0.5, 0.6) is 17.2 Å². The Balaban J connectivity index is 1.49. The molecule has 7 heteroatoms. The smallest absolute Gasteiger partial charge is 0.343 e. The number of carbonyl (C=O) groups excluding carboxylic acids is 1. The predicted molar refractivity (Wildman–Crippen MR) is 177 cm³/mol. The first kappa shape index (κ1) is 34.6. The molecule has 238 valence electrons. The Morgan fingerprint density at radius 2 is 1.30 bits per heavy atom. The van der Waals surface area contributed by atoms with Crippen molar-refractivity contribution in [1.29, 1.82) is 0 Å². The van der Waals surface area contributed by atoms with E-state index in [0.717, 1.165) is 31.4 Å². The van der Waals surface area contributed by atoms with Crippen molar-refractivity contribution >= 4 is 11.7 Å². The molecule has 0 aliphatic rings. The normalized spacial score (nSPS) is 11.6. The first-order valence-electron chi connectivity index (χ1n) is 16.4. The molecule has 0 spiro atoms. The molecule has 0 aliphatic heterocycles. The second-order valence-corrected chi connectivity index (χ2v) is 11.5. The van der Waals surface area contributed by atoms with Crippen molar-refractivity contribution in [2.75, 3.05) is 6.61 Å². The van der Waals surface area contributed by atoms with E-state index in [1.165, 1.54) is 63.9 Å². The Kier molecular flexibility index (Phi) is 15.3. The van der Waals surface area contributed by atoms with Gasteiger partial charge in [0.2, 0.25) is 0 Å². The van der Waals surface area contributed by atoms with Crippen LogP contribution in [0.15, 0.2) is 66.7 Å². The van der Waals surface area contributed by atoms with Gasteiger partial charge in [-0.2, -0.15) is 0 Å². The van der Waals surface area contributed by atoms with Crippen LogP contribution >= 0.6 is 0 Å². The molecule has 0 aromatic heterocycles. The zero-order chi connectivity index (χ0) is 31.6. The molecule has 0 bridgehead atoms. The monoisotopic (exact) mass is 603 g/mol. The topological polar surface area (TPSA) is 87.9 Å². The lowest BCUT2D eigenvalue weighted by molar-refractivity contribution is -0.384. The molecule has 0 N–H and O–H groups in total. The molecule has 44 heavy (non-hydrogen) atoms. The number of nitrogens with zero attached hydrogens (tertiary/aromatic N) is 1. The van der Waals surface area contributed by atoms with Gasteiger partial charge in [-0.3, -0.25) is 10.1 Å². The largest absolute Gasteiger partial charge is 0.494 e. The maximum atomic E-state index is 12.7. The van der Waals surface area contributed by atoms with Gasteiger partial charge < -0.3 is 14.2 Å². The number of carbonyl (C=O) groups is 1. The van der Waals surface area contributed by atoms with Crippen LogP contribution in [-0.4, -0.2) is 23.6 Å². The van der Waals surface area contributed by atoms with Gasteiger partial charge in [0.1, 0.15) is 17.2 Å². The van der Waals surface area contributed by atoms with E-state index in [1.54, 1.807) is 60.7 Å². The summed E-state index contributed by atoms with van der Waals surface area (Å²) in [5.41, 5.74) is 1.50. The van der Waals surface area contributed by atoms with Gasteiger partial charge in [0.15, 0.2) is 0 Å². The summed E-state index contributed by atoms with van der Waals surface area (Å²) in [6, 6.07) is 18.6. The summed E-state index contributed by atoms with van der Waals surface area (Å²) < 4.78 is 17.3. The highest BCUT2D eigenvalue weighted by Crippen LogP contribution is 2.34. The summed E-state index contributed by atoms with van der Waals surface area (Å²) in [4.78, 5) is 24.2. The van der Waals surface area contributed by atoms with Gasteiger partial charge in [-0.05, 0) is 80.3 Å². The number of esters is 1. The molecular formula is C37H49NO6. The number of unbranched alkanes of at least 4 members (excludes halogenated alkanes) is 10. The van der Waals surface area contributed by atoms with E-state index in [9.17, 15) is 14.9 Å². The van der Waals surface area contributed by atoms with Crippen molar-refractivity contribution in [3.8, 4) is 28.4 Å². The van der Waals surface area contributed by atoms with Gasteiger partial charge >= 0.3 is 5.97 Å². The Hall–Kier alpha value is -3.87. The zero-order valence-corrected chi connectivity index (χ0v) is 26.7. The molecule has 0 aliphatic carbocycles. The maximum Gasteiger partial charge on any atom is 0.343 e. The van der Waals surface area contributed by atoms with Gasteiger partial charge in [-0.15, -0.1) is 0 Å². The average molecular weight is 604 g/mol. The fraction of sp³-hybridized carbons (Fsp3) is 0.486. The Labute approximate surface area is 263 Å². The Morgan fingerprint density at radius 3 is 1.93 bits per heavy atom. The minimum absolute atomic E-state index is 0.0188. The SMILES string of the molecule is CCCCCCCCCCOc1ccc(C(=O)Oc2ccc(-c3ccc(OC(C)CCCCCC)cc3[N+](=O)[O-])cc2)cc1. The van der Waals surface area contributed by atoms with Crippen LogP contribution in [0.25, 0.3) is 11.1 Å². The summed E-state index contributed by atoms with van der Waals surface area (Å²) in [5, 5.41) is 11.9. The van der Waals surface area contributed by atoms with Crippen LogP contribution in [0.2, 0.25) is 0 Å². The van der Waals surface area contributed by atoms with Crippen LogP contribution in [0.1, 0.15) is 115 Å². The van der Waals surface area contributed by atoms with Gasteiger partial charge in [0, 0.05) is 0 Å². The summed E-state index contributed by atoms with van der Waals surface area (Å²) in [7, 11) is 0. The molecule has 1 unspecified atom stereocenters. The van der Waals surface area contributed by atoms with Crippen LogP contribution in [0, 0.1) is 10.1 Å². The van der Waals surface area contributed by atoms with E-state index in [1.807, 2.05) is 6.92 Å². The van der Waals surface area contributed by atoms with Crippen molar-refractivity contribution in [2.45, 2.75) is 110 Å². The van der Waals surface area contributed by atoms with Crippen molar-refractivity contribution in [3.63, 3.8) is 0 Å². The summed E-state index contributed by atoms with van der Waals surface area (Å²) >= 11 is 0. The minimum Gasteiger partial charge on any atom is -0.494 e. The fourth-order valence-electron chi connectivity index (χ4n) is 5.11. The van der Waals surface area contributed by atoms with Gasteiger partial charge in [-0.25, -0.2) is 4.79 Å².